The molecule has 3 heteroatoms. The van der Waals surface area contributed by atoms with Gasteiger partial charge in [-0.3, -0.25) is 0 Å². The standard InChI is InChI=1S/C17H14O2S/c1-2-19-17(18)15-13-10-6-7-11-14(13)20-16(15)12-8-4-3-5-9-12/h3-11H,2H2,1H3. The molecule has 0 aliphatic rings. The molecular weight excluding hydrogens is 268 g/mol. The van der Waals surface area contributed by atoms with Gasteiger partial charge in [0.05, 0.1) is 17.0 Å². The summed E-state index contributed by atoms with van der Waals surface area (Å²) in [7, 11) is 0. The van der Waals surface area contributed by atoms with Crippen LogP contribution in [0.2, 0.25) is 0 Å². The Bertz CT molecular complexity index is 744. The number of thiophene rings is 1. The van der Waals surface area contributed by atoms with E-state index in [1.54, 1.807) is 11.3 Å². The highest BCUT2D eigenvalue weighted by Gasteiger charge is 2.20. The Morgan fingerprint density at radius 3 is 2.50 bits per heavy atom. The monoisotopic (exact) mass is 282 g/mol. The topological polar surface area (TPSA) is 26.3 Å². The second-order valence-corrected chi connectivity index (χ2v) is 5.44. The van der Waals surface area contributed by atoms with E-state index in [9.17, 15) is 4.79 Å². The van der Waals surface area contributed by atoms with Gasteiger partial charge in [0.2, 0.25) is 0 Å². The first-order chi connectivity index (χ1) is 9.81. The van der Waals surface area contributed by atoms with Gasteiger partial charge in [-0.25, -0.2) is 4.79 Å². The lowest BCUT2D eigenvalue weighted by atomic mass is 10.1. The molecule has 0 amide bonds. The van der Waals surface area contributed by atoms with E-state index < -0.39 is 0 Å². The number of rotatable bonds is 3. The van der Waals surface area contributed by atoms with Crippen molar-refractivity contribution in [1.82, 2.24) is 0 Å². The highest BCUT2D eigenvalue weighted by molar-refractivity contribution is 7.22. The van der Waals surface area contributed by atoms with Crippen molar-refractivity contribution in [3.63, 3.8) is 0 Å². The molecule has 0 saturated heterocycles. The zero-order valence-electron chi connectivity index (χ0n) is 11.1. The normalized spacial score (nSPS) is 10.7. The van der Waals surface area contributed by atoms with Crippen molar-refractivity contribution in [3.8, 4) is 10.4 Å². The maximum absolute atomic E-state index is 12.3. The molecule has 3 rings (SSSR count). The third-order valence-electron chi connectivity index (χ3n) is 3.11. The van der Waals surface area contributed by atoms with E-state index >= 15 is 0 Å². The predicted octanol–water partition coefficient (Wildman–Crippen LogP) is 4.75. The van der Waals surface area contributed by atoms with Crippen LogP contribution >= 0.6 is 11.3 Å². The average molecular weight is 282 g/mol. The van der Waals surface area contributed by atoms with Crippen LogP contribution < -0.4 is 0 Å². The molecule has 20 heavy (non-hydrogen) atoms. The molecule has 0 spiro atoms. The summed E-state index contributed by atoms with van der Waals surface area (Å²) in [5, 5.41) is 0.967. The van der Waals surface area contributed by atoms with Gasteiger partial charge in [-0.15, -0.1) is 11.3 Å². The average Bonchev–Trinajstić information content (AvgIpc) is 2.88. The van der Waals surface area contributed by atoms with E-state index in [4.69, 9.17) is 4.74 Å². The van der Waals surface area contributed by atoms with Crippen LogP contribution in [0.15, 0.2) is 54.6 Å². The Hall–Kier alpha value is -2.13. The zero-order chi connectivity index (χ0) is 13.9. The number of carbonyl (C=O) groups is 1. The van der Waals surface area contributed by atoms with E-state index in [1.807, 2.05) is 61.5 Å². The van der Waals surface area contributed by atoms with Crippen LogP contribution in [0.5, 0.6) is 0 Å². The maximum atomic E-state index is 12.3. The largest absolute Gasteiger partial charge is 0.462 e. The summed E-state index contributed by atoms with van der Waals surface area (Å²) in [6, 6.07) is 17.9. The number of benzene rings is 2. The molecule has 0 fully saturated rings. The van der Waals surface area contributed by atoms with Gasteiger partial charge in [-0.2, -0.15) is 0 Å². The van der Waals surface area contributed by atoms with E-state index in [0.717, 1.165) is 20.5 Å². The predicted molar refractivity (Wildman–Crippen MR) is 83.2 cm³/mol. The number of carbonyl (C=O) groups excluding carboxylic acids is 1. The maximum Gasteiger partial charge on any atom is 0.340 e. The highest BCUT2D eigenvalue weighted by Crippen LogP contribution is 2.38. The van der Waals surface area contributed by atoms with Crippen molar-refractivity contribution in [1.29, 1.82) is 0 Å². The van der Waals surface area contributed by atoms with Crippen molar-refractivity contribution in [2.24, 2.45) is 0 Å². The number of esters is 1. The van der Waals surface area contributed by atoms with Crippen LogP contribution in [0.1, 0.15) is 17.3 Å². The van der Waals surface area contributed by atoms with Gasteiger partial charge in [0, 0.05) is 10.1 Å². The second kappa shape index (κ2) is 5.47. The molecule has 0 aliphatic heterocycles. The number of hydrogen-bond acceptors (Lipinski definition) is 3. The molecular formula is C17H14O2S. The summed E-state index contributed by atoms with van der Waals surface area (Å²) in [6.07, 6.45) is 0. The van der Waals surface area contributed by atoms with Gasteiger partial charge in [-0.1, -0.05) is 48.5 Å². The van der Waals surface area contributed by atoms with Crippen molar-refractivity contribution >= 4 is 27.4 Å². The van der Waals surface area contributed by atoms with Crippen LogP contribution in [0.3, 0.4) is 0 Å². The summed E-state index contributed by atoms with van der Waals surface area (Å²) in [6.45, 7) is 2.21. The molecule has 0 bridgehead atoms. The second-order valence-electron chi connectivity index (χ2n) is 4.39. The summed E-state index contributed by atoms with van der Waals surface area (Å²) < 4.78 is 6.33. The van der Waals surface area contributed by atoms with Crippen molar-refractivity contribution in [2.75, 3.05) is 6.61 Å². The Balaban J connectivity index is 2.25. The van der Waals surface area contributed by atoms with E-state index in [0.29, 0.717) is 12.2 Å². The quantitative estimate of drug-likeness (QED) is 0.648. The molecule has 0 radical (unpaired) electrons. The molecule has 100 valence electrons. The summed E-state index contributed by atoms with van der Waals surface area (Å²) in [5.41, 5.74) is 1.73. The van der Waals surface area contributed by atoms with E-state index in [-0.39, 0.29) is 5.97 Å². The molecule has 0 atom stereocenters. The van der Waals surface area contributed by atoms with E-state index in [1.165, 1.54) is 0 Å². The van der Waals surface area contributed by atoms with Crippen LogP contribution in [-0.2, 0) is 4.74 Å². The molecule has 0 unspecified atom stereocenters. The lowest BCUT2D eigenvalue weighted by molar-refractivity contribution is 0.0530. The van der Waals surface area contributed by atoms with Crippen LogP contribution in [0.25, 0.3) is 20.5 Å². The summed E-state index contributed by atoms with van der Waals surface area (Å²) in [4.78, 5) is 13.3. The molecule has 1 heterocycles. The first kappa shape index (κ1) is 12.9. The van der Waals surface area contributed by atoms with Crippen molar-refractivity contribution in [3.05, 3.63) is 60.2 Å². The first-order valence-electron chi connectivity index (χ1n) is 6.55. The Morgan fingerprint density at radius 2 is 1.75 bits per heavy atom. The van der Waals surface area contributed by atoms with Crippen molar-refractivity contribution < 1.29 is 9.53 Å². The van der Waals surface area contributed by atoms with Gasteiger partial charge in [-0.05, 0) is 18.6 Å². The van der Waals surface area contributed by atoms with Gasteiger partial charge < -0.3 is 4.74 Å². The minimum atomic E-state index is -0.246. The zero-order valence-corrected chi connectivity index (χ0v) is 11.9. The first-order valence-corrected chi connectivity index (χ1v) is 7.37. The van der Waals surface area contributed by atoms with Crippen LogP contribution in [-0.4, -0.2) is 12.6 Å². The molecule has 3 aromatic rings. The Kier molecular flexibility index (Phi) is 3.52. The fraction of sp³-hybridized carbons (Fsp3) is 0.118. The van der Waals surface area contributed by atoms with Crippen LogP contribution in [0, 0.1) is 0 Å². The SMILES string of the molecule is CCOC(=O)c1c(-c2ccccc2)sc2ccccc12. The lowest BCUT2D eigenvalue weighted by Gasteiger charge is -2.04. The molecule has 0 aliphatic carbocycles. The lowest BCUT2D eigenvalue weighted by Crippen LogP contribution is -2.05. The van der Waals surface area contributed by atoms with Gasteiger partial charge in [0.25, 0.3) is 0 Å². The highest BCUT2D eigenvalue weighted by atomic mass is 32.1. The van der Waals surface area contributed by atoms with Gasteiger partial charge in [0.15, 0.2) is 0 Å². The molecule has 0 N–H and O–H groups in total. The minimum absolute atomic E-state index is 0.246. The number of ether oxygens (including phenoxy) is 1. The smallest absolute Gasteiger partial charge is 0.340 e. The van der Waals surface area contributed by atoms with Crippen molar-refractivity contribution in [2.45, 2.75) is 6.92 Å². The van der Waals surface area contributed by atoms with Crippen LogP contribution in [0.4, 0.5) is 0 Å². The summed E-state index contributed by atoms with van der Waals surface area (Å²) >= 11 is 1.63. The Labute approximate surface area is 121 Å². The fourth-order valence-electron chi connectivity index (χ4n) is 2.24. The number of hydrogen-bond donors (Lipinski definition) is 0. The Morgan fingerprint density at radius 1 is 1.05 bits per heavy atom. The summed E-state index contributed by atoms with van der Waals surface area (Å²) in [5.74, 6) is -0.246. The fourth-order valence-corrected chi connectivity index (χ4v) is 3.44. The van der Waals surface area contributed by atoms with Gasteiger partial charge >= 0.3 is 5.97 Å². The molecule has 2 aromatic carbocycles. The third-order valence-corrected chi connectivity index (χ3v) is 4.33. The molecule has 2 nitrogen and oxygen atoms in total. The molecule has 0 saturated carbocycles. The number of fused-ring (bicyclic) bond motifs is 1. The van der Waals surface area contributed by atoms with E-state index in [2.05, 4.69) is 0 Å². The minimum Gasteiger partial charge on any atom is -0.462 e. The molecule has 1 aromatic heterocycles. The third kappa shape index (κ3) is 2.21. The van der Waals surface area contributed by atoms with Gasteiger partial charge in [0.1, 0.15) is 0 Å².